The average Bonchev–Trinajstić information content (AvgIpc) is 3.06. The molecule has 0 aromatic heterocycles. The molecule has 6 nitrogen and oxygen atoms in total. The number of carbonyl (C=O) groups excluding carboxylic acids is 2. The van der Waals surface area contributed by atoms with Crippen LogP contribution in [0.25, 0.3) is 11.1 Å². The lowest BCUT2D eigenvalue weighted by atomic mass is 9.82. The van der Waals surface area contributed by atoms with E-state index in [1.807, 2.05) is 49.4 Å². The molecule has 1 aliphatic rings. The van der Waals surface area contributed by atoms with Crippen molar-refractivity contribution < 1.29 is 19.1 Å². The zero-order valence-electron chi connectivity index (χ0n) is 27.1. The molecule has 1 aliphatic carbocycles. The van der Waals surface area contributed by atoms with Crippen molar-refractivity contribution in [1.82, 2.24) is 4.90 Å². The first-order chi connectivity index (χ1) is 22.4. The molecule has 1 fully saturated rings. The molecule has 46 heavy (non-hydrogen) atoms. The van der Waals surface area contributed by atoms with Gasteiger partial charge >= 0.3 is 12.1 Å². The summed E-state index contributed by atoms with van der Waals surface area (Å²) in [5.41, 5.74) is 5.76. The van der Waals surface area contributed by atoms with Crippen molar-refractivity contribution >= 4 is 17.7 Å². The molecule has 0 heterocycles. The van der Waals surface area contributed by atoms with Crippen LogP contribution >= 0.6 is 0 Å². The zero-order valence-corrected chi connectivity index (χ0v) is 27.1. The lowest BCUT2D eigenvalue weighted by molar-refractivity contribution is -0.143. The number of benzene rings is 4. The molecule has 0 spiro atoms. The van der Waals surface area contributed by atoms with Crippen molar-refractivity contribution in [3.63, 3.8) is 0 Å². The van der Waals surface area contributed by atoms with Crippen molar-refractivity contribution in [1.29, 1.82) is 0 Å². The quantitative estimate of drug-likeness (QED) is 0.151. The highest BCUT2D eigenvalue weighted by atomic mass is 16.6. The predicted molar refractivity (Wildman–Crippen MR) is 184 cm³/mol. The Morgan fingerprint density at radius 1 is 0.804 bits per heavy atom. The summed E-state index contributed by atoms with van der Waals surface area (Å²) in [5, 5.41) is 3.08. The minimum atomic E-state index is -0.546. The lowest BCUT2D eigenvalue weighted by Gasteiger charge is -2.41. The summed E-state index contributed by atoms with van der Waals surface area (Å²) in [6.45, 7) is 6.04. The van der Waals surface area contributed by atoms with Gasteiger partial charge in [-0.05, 0) is 80.7 Å². The smallest absolute Gasteiger partial charge is 0.412 e. The third-order valence-electron chi connectivity index (χ3n) is 8.88. The normalized spacial score (nSPS) is 17.8. The predicted octanol–water partition coefficient (Wildman–Crippen LogP) is 9.19. The molecule has 4 aromatic carbocycles. The molecule has 240 valence electrons. The van der Waals surface area contributed by atoms with E-state index in [9.17, 15) is 9.59 Å². The summed E-state index contributed by atoms with van der Waals surface area (Å²) in [7, 11) is 0. The Bertz CT molecular complexity index is 1490. The Kier molecular flexibility index (Phi) is 11.6. The van der Waals surface area contributed by atoms with Crippen molar-refractivity contribution in [3.8, 4) is 11.1 Å². The summed E-state index contributed by atoms with van der Waals surface area (Å²) in [5.74, 6) is -0.184. The molecule has 1 amide bonds. The highest BCUT2D eigenvalue weighted by Crippen LogP contribution is 2.36. The van der Waals surface area contributed by atoms with Gasteiger partial charge in [0.15, 0.2) is 0 Å². The summed E-state index contributed by atoms with van der Waals surface area (Å²) in [4.78, 5) is 27.8. The van der Waals surface area contributed by atoms with Crippen molar-refractivity contribution in [2.45, 2.75) is 83.5 Å². The molecule has 0 bridgehead atoms. The first-order valence-corrected chi connectivity index (χ1v) is 16.6. The third-order valence-corrected chi connectivity index (χ3v) is 8.88. The maximum Gasteiger partial charge on any atom is 0.412 e. The number of anilines is 1. The topological polar surface area (TPSA) is 67.9 Å². The van der Waals surface area contributed by atoms with Crippen LogP contribution in [0.15, 0.2) is 109 Å². The summed E-state index contributed by atoms with van der Waals surface area (Å²) in [6, 6.07) is 37.8. The minimum absolute atomic E-state index is 0.184. The number of hydrogen-bond donors (Lipinski definition) is 1. The first kappa shape index (κ1) is 33.0. The number of amides is 1. The molecule has 0 aliphatic heterocycles. The van der Waals surface area contributed by atoms with Crippen LogP contribution in [-0.2, 0) is 33.8 Å². The molecule has 1 saturated carbocycles. The molecule has 0 saturated heterocycles. The molecule has 1 N–H and O–H groups in total. The van der Waals surface area contributed by atoms with E-state index >= 15 is 0 Å². The van der Waals surface area contributed by atoms with Gasteiger partial charge in [0.05, 0.1) is 12.3 Å². The second-order valence-corrected chi connectivity index (χ2v) is 12.5. The number of nitrogens with one attached hydrogen (secondary N) is 1. The second kappa shape index (κ2) is 16.2. The number of nitrogens with zero attached hydrogens (tertiary/aromatic N) is 1. The molecular weight excluding hydrogens is 572 g/mol. The van der Waals surface area contributed by atoms with Gasteiger partial charge in [-0.2, -0.15) is 0 Å². The highest BCUT2D eigenvalue weighted by molar-refractivity contribution is 5.92. The van der Waals surface area contributed by atoms with E-state index < -0.39 is 11.7 Å². The molecule has 5 rings (SSSR count). The fourth-order valence-corrected chi connectivity index (χ4v) is 6.38. The van der Waals surface area contributed by atoms with Crippen LogP contribution in [0.2, 0.25) is 0 Å². The molecule has 6 heteroatoms. The Balaban J connectivity index is 1.23. The van der Waals surface area contributed by atoms with Crippen LogP contribution < -0.4 is 5.32 Å². The van der Waals surface area contributed by atoms with E-state index in [2.05, 4.69) is 83.9 Å². The Morgan fingerprint density at radius 2 is 1.39 bits per heavy atom. The van der Waals surface area contributed by atoms with E-state index in [-0.39, 0.29) is 5.97 Å². The van der Waals surface area contributed by atoms with E-state index in [4.69, 9.17) is 9.47 Å². The highest BCUT2D eigenvalue weighted by Gasteiger charge is 2.36. The van der Waals surface area contributed by atoms with Crippen molar-refractivity contribution in [3.05, 3.63) is 126 Å². The van der Waals surface area contributed by atoms with Crippen LogP contribution in [0.4, 0.5) is 10.5 Å². The third kappa shape index (κ3) is 9.54. The lowest BCUT2D eigenvalue weighted by Crippen LogP contribution is -2.44. The standard InChI is InChI=1S/C40H46N2O4/c1-3-45-38(43)21-13-18-31-22-23-36(34-19-11-6-12-20-34)37(28-31)41-39(44)46-40(2)26-24-35(25-27-40)42(29-32-14-7-4-8-15-32)30-33-16-9-5-10-17-33/h4-12,14-17,19-20,22-23,28,35H,3,13,18,21,24-27,29-30H2,1-2H3,(H,41,44). The Morgan fingerprint density at radius 3 is 1.98 bits per heavy atom. The van der Waals surface area contributed by atoms with E-state index in [0.29, 0.717) is 37.6 Å². The maximum atomic E-state index is 13.4. The van der Waals surface area contributed by atoms with Gasteiger partial charge in [-0.3, -0.25) is 15.0 Å². The first-order valence-electron chi connectivity index (χ1n) is 16.6. The Hall–Kier alpha value is -4.42. The number of esters is 1. The molecular formula is C40H46N2O4. The number of rotatable bonds is 13. The zero-order chi connectivity index (χ0) is 32.2. The van der Waals surface area contributed by atoms with Crippen molar-refractivity contribution in [2.24, 2.45) is 0 Å². The van der Waals surface area contributed by atoms with Crippen LogP contribution in [0, 0.1) is 0 Å². The van der Waals surface area contributed by atoms with Gasteiger partial charge in [0.2, 0.25) is 0 Å². The summed E-state index contributed by atoms with van der Waals surface area (Å²) < 4.78 is 11.3. The Labute approximate surface area is 273 Å². The molecule has 0 radical (unpaired) electrons. The van der Waals surface area contributed by atoms with Gasteiger partial charge in [0, 0.05) is 31.1 Å². The molecule has 0 atom stereocenters. The van der Waals surface area contributed by atoms with E-state index in [0.717, 1.165) is 55.5 Å². The number of carbonyl (C=O) groups is 2. The fraction of sp³-hybridized carbons (Fsp3) is 0.350. The minimum Gasteiger partial charge on any atom is -0.466 e. The van der Waals surface area contributed by atoms with E-state index in [1.54, 1.807) is 0 Å². The van der Waals surface area contributed by atoms with Crippen LogP contribution in [-0.4, -0.2) is 35.2 Å². The van der Waals surface area contributed by atoms with Crippen LogP contribution in [0.3, 0.4) is 0 Å². The second-order valence-electron chi connectivity index (χ2n) is 12.5. The fourth-order valence-electron chi connectivity index (χ4n) is 6.38. The maximum absolute atomic E-state index is 13.4. The number of ether oxygens (including phenoxy) is 2. The van der Waals surface area contributed by atoms with Gasteiger partial charge in [-0.15, -0.1) is 0 Å². The molecule has 0 unspecified atom stereocenters. The SMILES string of the molecule is CCOC(=O)CCCc1ccc(-c2ccccc2)c(NC(=O)OC2(C)CCC(N(Cc3ccccc3)Cc3ccccc3)CC2)c1. The average molecular weight is 619 g/mol. The molecule has 4 aromatic rings. The van der Waals surface area contributed by atoms with Gasteiger partial charge in [-0.1, -0.05) is 103 Å². The van der Waals surface area contributed by atoms with Crippen molar-refractivity contribution in [2.75, 3.05) is 11.9 Å². The van der Waals surface area contributed by atoms with Crippen LogP contribution in [0.5, 0.6) is 0 Å². The van der Waals surface area contributed by atoms with Gasteiger partial charge in [-0.25, -0.2) is 4.79 Å². The number of hydrogen-bond acceptors (Lipinski definition) is 5. The van der Waals surface area contributed by atoms with Crippen LogP contribution in [0.1, 0.15) is 69.1 Å². The van der Waals surface area contributed by atoms with Gasteiger partial charge in [0.1, 0.15) is 5.60 Å². The van der Waals surface area contributed by atoms with Gasteiger partial charge in [0.25, 0.3) is 0 Å². The number of aryl methyl sites for hydroxylation is 1. The largest absolute Gasteiger partial charge is 0.466 e. The monoisotopic (exact) mass is 618 g/mol. The van der Waals surface area contributed by atoms with E-state index in [1.165, 1.54) is 11.1 Å². The summed E-state index contributed by atoms with van der Waals surface area (Å²) in [6.07, 6.45) is 4.81. The van der Waals surface area contributed by atoms with Gasteiger partial charge < -0.3 is 9.47 Å². The summed E-state index contributed by atoms with van der Waals surface area (Å²) >= 11 is 0.